The average Bonchev–Trinajstić information content (AvgIpc) is 3.08. The van der Waals surface area contributed by atoms with Crippen molar-refractivity contribution in [3.63, 3.8) is 0 Å². The summed E-state index contributed by atoms with van der Waals surface area (Å²) in [6, 6.07) is 14.6. The number of hydrogen-bond donors (Lipinski definition) is 4. The summed E-state index contributed by atoms with van der Waals surface area (Å²) in [7, 11) is -2.19. The van der Waals surface area contributed by atoms with E-state index in [-0.39, 0.29) is 40.2 Å². The van der Waals surface area contributed by atoms with E-state index in [1.54, 1.807) is 12.1 Å². The molecule has 2 aromatic carbocycles. The summed E-state index contributed by atoms with van der Waals surface area (Å²) in [5.41, 5.74) is 2.88. The maximum Gasteiger partial charge on any atom is 0.248 e. The van der Waals surface area contributed by atoms with Crippen LogP contribution in [0.3, 0.4) is 0 Å². The fourth-order valence-electron chi connectivity index (χ4n) is 6.42. The monoisotopic (exact) mass is 688 g/mol. The Morgan fingerprint density at radius 2 is 1.69 bits per heavy atom. The number of anilines is 1. The molecule has 2 fully saturated rings. The highest BCUT2D eigenvalue weighted by Crippen LogP contribution is 2.41. The minimum Gasteiger partial charge on any atom is -0.506 e. The van der Waals surface area contributed by atoms with E-state index in [9.17, 15) is 19.5 Å². The minimum absolute atomic E-state index is 0.00721. The molecule has 0 unspecified atom stereocenters. The summed E-state index contributed by atoms with van der Waals surface area (Å²) in [4.78, 5) is 44.9. The van der Waals surface area contributed by atoms with Crippen molar-refractivity contribution in [1.29, 1.82) is 0 Å². The molecule has 3 heterocycles. The molecule has 3 aromatic rings. The van der Waals surface area contributed by atoms with Crippen LogP contribution in [-0.4, -0.2) is 79.3 Å². The number of rotatable bonds is 12. The number of likely N-dealkylation sites (tertiary alicyclic amines) is 2. The van der Waals surface area contributed by atoms with Gasteiger partial charge in [0.05, 0.1) is 11.6 Å². The molecule has 2 saturated heterocycles. The molecule has 0 spiro atoms. The minimum atomic E-state index is -2.19. The van der Waals surface area contributed by atoms with Crippen LogP contribution in [0.15, 0.2) is 53.3 Å². The second-order valence-corrected chi connectivity index (χ2v) is 19.8. The van der Waals surface area contributed by atoms with Gasteiger partial charge in [-0.05, 0) is 98.7 Å². The number of pyridine rings is 1. The zero-order chi connectivity index (χ0) is 35.2. The van der Waals surface area contributed by atoms with Crippen molar-refractivity contribution in [1.82, 2.24) is 20.1 Å². The van der Waals surface area contributed by atoms with Crippen LogP contribution >= 0.6 is 0 Å². The number of fused-ring (bicyclic) bond motifs is 1. The van der Waals surface area contributed by atoms with Crippen LogP contribution in [0.25, 0.3) is 10.9 Å². The zero-order valence-corrected chi connectivity index (χ0v) is 30.8. The van der Waals surface area contributed by atoms with Gasteiger partial charge in [0.1, 0.15) is 5.75 Å². The normalized spacial score (nSPS) is 17.3. The predicted molar refractivity (Wildman–Crippen MR) is 198 cm³/mol. The number of carbonyl (C=O) groups is 2. The van der Waals surface area contributed by atoms with Gasteiger partial charge < -0.3 is 34.9 Å². The molecule has 0 bridgehead atoms. The molecular formula is C38H54N5O5Si. The Morgan fingerprint density at radius 1 is 1.00 bits per heavy atom. The first-order chi connectivity index (χ1) is 23.3. The first kappa shape index (κ1) is 36.8. The maximum absolute atomic E-state index is 13.1. The Kier molecular flexibility index (Phi) is 12.0. The molecule has 2 aliphatic rings. The predicted octanol–water partition coefficient (Wildman–Crippen LogP) is 5.95. The molecule has 11 heteroatoms. The number of piperidine rings is 2. The molecule has 4 N–H and O–H groups in total. The molecule has 2 amide bonds. The lowest BCUT2D eigenvalue weighted by molar-refractivity contribution is -0.134. The Bertz CT molecular complexity index is 1640. The van der Waals surface area contributed by atoms with Crippen LogP contribution in [0.2, 0.25) is 18.1 Å². The summed E-state index contributed by atoms with van der Waals surface area (Å²) in [6.07, 6.45) is 6.14. The van der Waals surface area contributed by atoms with Crippen molar-refractivity contribution >= 4 is 36.7 Å². The number of nitrogens with one attached hydrogen (secondary N) is 3. The first-order valence-corrected chi connectivity index (χ1v) is 20.7. The van der Waals surface area contributed by atoms with Crippen LogP contribution in [0.5, 0.6) is 5.75 Å². The van der Waals surface area contributed by atoms with Gasteiger partial charge in [-0.2, -0.15) is 0 Å². The van der Waals surface area contributed by atoms with Gasteiger partial charge in [0.25, 0.3) is 0 Å². The summed E-state index contributed by atoms with van der Waals surface area (Å²) in [6.45, 7) is 16.4. The van der Waals surface area contributed by atoms with Gasteiger partial charge >= 0.3 is 0 Å². The molecule has 49 heavy (non-hydrogen) atoms. The SMILES string of the molecule is CC(C)(C)[Si](C)(C)O[C@@H](CNCc1ccc(NC(=O)C2CCN(C(=O)CCN3CC[CH]CC3)CC2)cc1)c1ccc(O)c2[nH]c(=O)ccc12. The van der Waals surface area contributed by atoms with Gasteiger partial charge in [-0.25, -0.2) is 0 Å². The Balaban J connectivity index is 1.13. The van der Waals surface area contributed by atoms with Crippen LogP contribution in [0.4, 0.5) is 5.69 Å². The van der Waals surface area contributed by atoms with Crippen LogP contribution < -0.4 is 16.2 Å². The van der Waals surface area contributed by atoms with Crippen molar-refractivity contribution < 1.29 is 19.1 Å². The van der Waals surface area contributed by atoms with Crippen LogP contribution in [0.1, 0.15) is 70.1 Å². The fourth-order valence-corrected chi connectivity index (χ4v) is 7.69. The van der Waals surface area contributed by atoms with Crippen molar-refractivity contribution in [3.8, 4) is 5.75 Å². The molecule has 10 nitrogen and oxygen atoms in total. The summed E-state index contributed by atoms with van der Waals surface area (Å²) < 4.78 is 6.91. The quantitative estimate of drug-likeness (QED) is 0.173. The second-order valence-electron chi connectivity index (χ2n) is 15.1. The van der Waals surface area contributed by atoms with Gasteiger partial charge in [-0.1, -0.05) is 39.0 Å². The smallest absolute Gasteiger partial charge is 0.248 e. The Morgan fingerprint density at radius 3 is 2.37 bits per heavy atom. The van der Waals surface area contributed by atoms with Crippen molar-refractivity contribution in [3.05, 3.63) is 76.4 Å². The number of nitrogens with zero attached hydrogens (tertiary/aromatic N) is 2. The molecule has 2 aliphatic heterocycles. The maximum atomic E-state index is 13.1. The van der Waals surface area contributed by atoms with E-state index in [0.717, 1.165) is 54.7 Å². The molecule has 1 radical (unpaired) electrons. The molecule has 5 rings (SSSR count). The lowest BCUT2D eigenvalue weighted by Crippen LogP contribution is -2.43. The van der Waals surface area contributed by atoms with E-state index in [4.69, 9.17) is 4.43 Å². The van der Waals surface area contributed by atoms with E-state index in [1.807, 2.05) is 35.2 Å². The van der Waals surface area contributed by atoms with Crippen molar-refractivity contribution in [2.45, 2.75) is 83.7 Å². The lowest BCUT2D eigenvalue weighted by atomic mass is 9.95. The first-order valence-electron chi connectivity index (χ1n) is 17.8. The number of phenolic OH excluding ortho intramolecular Hbond substituents is 1. The number of amides is 2. The van der Waals surface area contributed by atoms with Gasteiger partial charge in [-0.3, -0.25) is 14.4 Å². The Hall–Kier alpha value is -3.51. The van der Waals surface area contributed by atoms with E-state index >= 15 is 0 Å². The number of H-pyrrole nitrogens is 1. The molecule has 0 saturated carbocycles. The second kappa shape index (κ2) is 16.0. The Labute approximate surface area is 291 Å². The number of aromatic amines is 1. The van der Waals surface area contributed by atoms with Crippen molar-refractivity contribution in [2.75, 3.05) is 44.6 Å². The van der Waals surface area contributed by atoms with Gasteiger partial charge in [-0.15, -0.1) is 0 Å². The summed E-state index contributed by atoms with van der Waals surface area (Å²) in [5, 5.41) is 17.9. The van der Waals surface area contributed by atoms with Gasteiger partial charge in [0, 0.05) is 62.2 Å². The highest BCUT2D eigenvalue weighted by Gasteiger charge is 2.39. The average molecular weight is 689 g/mol. The topological polar surface area (TPSA) is 127 Å². The molecule has 1 atom stereocenters. The third-order valence-corrected chi connectivity index (χ3v) is 15.0. The number of aromatic nitrogens is 1. The fraction of sp³-hybridized carbons (Fsp3) is 0.526. The number of phenols is 1. The zero-order valence-electron chi connectivity index (χ0n) is 29.8. The van der Waals surface area contributed by atoms with E-state index in [0.29, 0.717) is 51.0 Å². The number of aromatic hydroxyl groups is 1. The standard InChI is InChI=1S/C38H54N5O5Si/c1-38(2,3)49(4,5)48-33(30-13-15-32(44)36-31(30)14-16-34(45)41-36)26-39-25-27-9-11-29(12-10-27)40-37(47)28-17-23-43(24-18-28)35(46)19-22-42-20-7-6-8-21-42/h6,9-16,28,33,39,44H,7-8,17-26H2,1-5H3,(H,40,47)(H,41,45)/t33-/m0/s1. The highest BCUT2D eigenvalue weighted by molar-refractivity contribution is 6.74. The van der Waals surface area contributed by atoms with Crippen LogP contribution in [0, 0.1) is 12.3 Å². The summed E-state index contributed by atoms with van der Waals surface area (Å²) in [5.74, 6) is 0.134. The summed E-state index contributed by atoms with van der Waals surface area (Å²) >= 11 is 0. The van der Waals surface area contributed by atoms with Gasteiger partial charge in [0.2, 0.25) is 17.4 Å². The van der Waals surface area contributed by atoms with E-state index in [2.05, 4.69) is 60.8 Å². The third-order valence-electron chi connectivity index (χ3n) is 10.5. The van der Waals surface area contributed by atoms with Crippen molar-refractivity contribution in [2.24, 2.45) is 5.92 Å². The number of hydrogen-bond acceptors (Lipinski definition) is 7. The third kappa shape index (κ3) is 9.59. The molecule has 1 aromatic heterocycles. The number of carbonyl (C=O) groups excluding carboxylic acids is 2. The van der Waals surface area contributed by atoms with E-state index in [1.165, 1.54) is 6.07 Å². The molecule has 0 aliphatic carbocycles. The highest BCUT2D eigenvalue weighted by atomic mass is 28.4. The lowest BCUT2D eigenvalue weighted by Gasteiger charge is -2.39. The molecular weight excluding hydrogens is 635 g/mol. The largest absolute Gasteiger partial charge is 0.506 e. The molecule has 265 valence electrons. The van der Waals surface area contributed by atoms with Gasteiger partial charge in [0.15, 0.2) is 8.32 Å². The van der Waals surface area contributed by atoms with E-state index < -0.39 is 8.32 Å². The van der Waals surface area contributed by atoms with Crippen LogP contribution in [-0.2, 0) is 20.6 Å². The number of benzene rings is 2.